The highest BCUT2D eigenvalue weighted by Crippen LogP contribution is 2.32. The molecule has 1 N–H and O–H groups in total. The molecule has 0 amide bonds. The van der Waals surface area contributed by atoms with Crippen LogP contribution in [0.25, 0.3) is 11.4 Å². The van der Waals surface area contributed by atoms with Gasteiger partial charge in [0.25, 0.3) is 0 Å². The SMILES string of the molecule is COc1cc(-c2nc(C(F)(F)F)cn2C)ccc1CNc1nc(Cl)ncc1I. The van der Waals surface area contributed by atoms with Crippen molar-refractivity contribution in [1.82, 2.24) is 19.5 Å². The number of ether oxygens (including phenoxy) is 1. The molecule has 0 fully saturated rings. The zero-order valence-electron chi connectivity index (χ0n) is 14.7. The average Bonchev–Trinajstić information content (AvgIpc) is 3.04. The van der Waals surface area contributed by atoms with Crippen molar-refractivity contribution >= 4 is 40.0 Å². The van der Waals surface area contributed by atoms with Gasteiger partial charge in [-0.25, -0.2) is 9.97 Å². The number of hydrogen-bond donors (Lipinski definition) is 1. The molecule has 0 radical (unpaired) electrons. The first kappa shape index (κ1) is 20.6. The molecule has 6 nitrogen and oxygen atoms in total. The number of hydrogen-bond acceptors (Lipinski definition) is 5. The van der Waals surface area contributed by atoms with Crippen molar-refractivity contribution in [2.24, 2.45) is 7.05 Å². The molecule has 28 heavy (non-hydrogen) atoms. The van der Waals surface area contributed by atoms with Crippen molar-refractivity contribution in [3.8, 4) is 17.1 Å². The van der Waals surface area contributed by atoms with E-state index in [0.29, 0.717) is 23.7 Å². The Kier molecular flexibility index (Phi) is 5.98. The first-order valence-electron chi connectivity index (χ1n) is 7.89. The minimum Gasteiger partial charge on any atom is -0.496 e. The summed E-state index contributed by atoms with van der Waals surface area (Å²) in [6.45, 7) is 0.376. The molecule has 11 heteroatoms. The second-order valence-electron chi connectivity index (χ2n) is 5.77. The Hall–Kier alpha value is -2.08. The Bertz CT molecular complexity index is 1010. The molecule has 2 aromatic heterocycles. The van der Waals surface area contributed by atoms with E-state index >= 15 is 0 Å². The molecule has 1 aromatic carbocycles. The van der Waals surface area contributed by atoms with Crippen molar-refractivity contribution in [1.29, 1.82) is 0 Å². The molecule has 0 aliphatic carbocycles. The van der Waals surface area contributed by atoms with Crippen LogP contribution in [-0.4, -0.2) is 26.6 Å². The topological polar surface area (TPSA) is 64.9 Å². The lowest BCUT2D eigenvalue weighted by atomic mass is 10.1. The van der Waals surface area contributed by atoms with Crippen molar-refractivity contribution in [2.45, 2.75) is 12.7 Å². The highest BCUT2D eigenvalue weighted by Gasteiger charge is 2.34. The Morgan fingerprint density at radius 3 is 2.68 bits per heavy atom. The normalized spacial score (nSPS) is 11.5. The number of nitrogens with zero attached hydrogens (tertiary/aromatic N) is 4. The number of aryl methyl sites for hydroxylation is 1. The molecular formula is C17H14ClF3IN5O. The minimum absolute atomic E-state index is 0.125. The molecule has 3 rings (SSSR count). The summed E-state index contributed by atoms with van der Waals surface area (Å²) in [5.41, 5.74) is 0.366. The van der Waals surface area contributed by atoms with Crippen molar-refractivity contribution < 1.29 is 17.9 Å². The summed E-state index contributed by atoms with van der Waals surface area (Å²) in [6.07, 6.45) is -1.95. The van der Waals surface area contributed by atoms with Gasteiger partial charge in [-0.3, -0.25) is 0 Å². The van der Waals surface area contributed by atoms with Crippen LogP contribution >= 0.6 is 34.2 Å². The molecule has 0 aliphatic heterocycles. The van der Waals surface area contributed by atoms with Gasteiger partial charge in [-0.1, -0.05) is 12.1 Å². The van der Waals surface area contributed by atoms with Crippen molar-refractivity contribution in [2.75, 3.05) is 12.4 Å². The third-order valence-corrected chi connectivity index (χ3v) is 4.84. The number of methoxy groups -OCH3 is 1. The van der Waals surface area contributed by atoms with Crippen molar-refractivity contribution in [3.63, 3.8) is 0 Å². The highest BCUT2D eigenvalue weighted by atomic mass is 127. The number of anilines is 1. The van der Waals surface area contributed by atoms with E-state index in [1.165, 1.54) is 18.7 Å². The number of alkyl halides is 3. The molecule has 0 atom stereocenters. The lowest BCUT2D eigenvalue weighted by Gasteiger charge is -2.13. The molecule has 0 bridgehead atoms. The van der Waals surface area contributed by atoms with Gasteiger partial charge in [-0.05, 0) is 40.3 Å². The Morgan fingerprint density at radius 1 is 1.29 bits per heavy atom. The van der Waals surface area contributed by atoms with Gasteiger partial charge in [0.1, 0.15) is 17.4 Å². The smallest absolute Gasteiger partial charge is 0.434 e. The van der Waals surface area contributed by atoms with E-state index in [0.717, 1.165) is 15.3 Å². The van der Waals surface area contributed by atoms with E-state index in [2.05, 4.69) is 42.9 Å². The fourth-order valence-corrected chi connectivity index (χ4v) is 3.13. The zero-order chi connectivity index (χ0) is 20.5. The van der Waals surface area contributed by atoms with Crippen LogP contribution in [0.1, 0.15) is 11.3 Å². The second kappa shape index (κ2) is 8.11. The minimum atomic E-state index is -4.50. The predicted octanol–water partition coefficient (Wildman–Crippen LogP) is 4.77. The van der Waals surface area contributed by atoms with Crippen LogP contribution in [-0.2, 0) is 19.8 Å². The Labute approximate surface area is 177 Å². The molecular weight excluding hydrogens is 510 g/mol. The van der Waals surface area contributed by atoms with Gasteiger partial charge in [0.15, 0.2) is 5.69 Å². The van der Waals surface area contributed by atoms with Gasteiger partial charge >= 0.3 is 6.18 Å². The van der Waals surface area contributed by atoms with E-state index in [9.17, 15) is 13.2 Å². The molecule has 0 saturated carbocycles. The summed E-state index contributed by atoms with van der Waals surface area (Å²) in [5.74, 6) is 1.28. The second-order valence-corrected chi connectivity index (χ2v) is 7.27. The molecule has 0 saturated heterocycles. The van der Waals surface area contributed by atoms with Gasteiger partial charge in [0.05, 0.1) is 10.7 Å². The van der Waals surface area contributed by atoms with Crippen LogP contribution in [0.2, 0.25) is 5.28 Å². The number of benzene rings is 1. The summed E-state index contributed by atoms with van der Waals surface area (Å²) in [4.78, 5) is 11.7. The standard InChI is InChI=1S/C17H14ClF3IN5O/c1-27-8-13(17(19,20)21)25-15(27)9-3-4-10(12(5-9)28-2)6-23-14-11(22)7-24-16(18)26-14/h3-5,7-8H,6H2,1-2H3,(H,23,24,26). The average molecular weight is 524 g/mol. The van der Waals surface area contributed by atoms with Gasteiger partial charge < -0.3 is 14.6 Å². The fourth-order valence-electron chi connectivity index (χ4n) is 2.55. The maximum Gasteiger partial charge on any atom is 0.434 e. The largest absolute Gasteiger partial charge is 0.496 e. The number of nitrogens with one attached hydrogen (secondary N) is 1. The number of aromatic nitrogens is 4. The van der Waals surface area contributed by atoms with Crippen molar-refractivity contribution in [3.05, 3.63) is 50.7 Å². The number of halogens is 5. The van der Waals surface area contributed by atoms with Gasteiger partial charge in [-0.2, -0.15) is 18.2 Å². The van der Waals surface area contributed by atoms with E-state index in [4.69, 9.17) is 16.3 Å². The van der Waals surface area contributed by atoms with Crippen LogP contribution in [0.15, 0.2) is 30.6 Å². The molecule has 2 heterocycles. The van der Waals surface area contributed by atoms with E-state index in [1.807, 2.05) is 0 Å². The molecule has 0 aliphatic rings. The summed E-state index contributed by atoms with van der Waals surface area (Å²) >= 11 is 7.90. The zero-order valence-corrected chi connectivity index (χ0v) is 17.6. The fraction of sp³-hybridized carbons (Fsp3) is 0.235. The molecule has 3 aromatic rings. The van der Waals surface area contributed by atoms with Gasteiger partial charge in [-0.15, -0.1) is 0 Å². The summed E-state index contributed by atoms with van der Waals surface area (Å²) in [6, 6.07) is 5.11. The maximum atomic E-state index is 12.9. The first-order chi connectivity index (χ1) is 13.2. The molecule has 0 spiro atoms. The first-order valence-corrected chi connectivity index (χ1v) is 9.34. The third kappa shape index (κ3) is 4.49. The van der Waals surface area contributed by atoms with Gasteiger partial charge in [0, 0.05) is 37.1 Å². The lowest BCUT2D eigenvalue weighted by molar-refractivity contribution is -0.140. The summed E-state index contributed by atoms with van der Waals surface area (Å²) in [7, 11) is 3.01. The van der Waals surface area contributed by atoms with Crippen LogP contribution in [0.3, 0.4) is 0 Å². The predicted molar refractivity (Wildman–Crippen MR) is 107 cm³/mol. The van der Waals surface area contributed by atoms with E-state index in [1.54, 1.807) is 24.4 Å². The van der Waals surface area contributed by atoms with E-state index in [-0.39, 0.29) is 11.1 Å². The van der Waals surface area contributed by atoms with Crippen LogP contribution in [0, 0.1) is 3.57 Å². The van der Waals surface area contributed by atoms with Crippen LogP contribution in [0.5, 0.6) is 5.75 Å². The molecule has 148 valence electrons. The summed E-state index contributed by atoms with van der Waals surface area (Å²) < 4.78 is 46.2. The number of imidazole rings is 1. The number of rotatable bonds is 5. The maximum absolute atomic E-state index is 12.9. The third-order valence-electron chi connectivity index (χ3n) is 3.87. The van der Waals surface area contributed by atoms with Gasteiger partial charge in [0.2, 0.25) is 5.28 Å². The highest BCUT2D eigenvalue weighted by molar-refractivity contribution is 14.1. The quantitative estimate of drug-likeness (QED) is 0.385. The van der Waals surface area contributed by atoms with E-state index < -0.39 is 11.9 Å². The Morgan fingerprint density at radius 2 is 2.04 bits per heavy atom. The summed E-state index contributed by atoms with van der Waals surface area (Å²) in [5, 5.41) is 3.27. The van der Waals surface area contributed by atoms with Crippen LogP contribution in [0.4, 0.5) is 19.0 Å². The van der Waals surface area contributed by atoms with Crippen LogP contribution < -0.4 is 10.1 Å². The Balaban J connectivity index is 1.87. The monoisotopic (exact) mass is 523 g/mol. The molecule has 0 unspecified atom stereocenters. The lowest BCUT2D eigenvalue weighted by Crippen LogP contribution is -2.06.